The van der Waals surface area contributed by atoms with Gasteiger partial charge >= 0.3 is 0 Å². The maximum Gasteiger partial charge on any atom is 0.260 e. The second kappa shape index (κ2) is 8.59. The molecule has 0 spiro atoms. The van der Waals surface area contributed by atoms with Crippen LogP contribution in [0.3, 0.4) is 0 Å². The van der Waals surface area contributed by atoms with Gasteiger partial charge in [0.05, 0.1) is 0 Å². The summed E-state index contributed by atoms with van der Waals surface area (Å²) in [6.45, 7) is 4.47. The number of nitrogens with one attached hydrogen (secondary N) is 1. The average Bonchev–Trinajstić information content (AvgIpc) is 2.43. The van der Waals surface area contributed by atoms with Crippen molar-refractivity contribution in [2.24, 2.45) is 5.73 Å². The molecule has 1 amide bonds. The topological polar surface area (TPSA) is 73.6 Å². The Morgan fingerprint density at radius 1 is 1.43 bits per heavy atom. The molecule has 0 bridgehead atoms. The predicted molar refractivity (Wildman–Crippen MR) is 78.6 cm³/mol. The minimum absolute atomic E-state index is 0.258. The molecule has 3 N–H and O–H groups in total. The lowest BCUT2D eigenvalue weighted by molar-refractivity contribution is -0.127. The Bertz CT molecular complexity index is 466. The number of carbonyl (C=O) groups is 1. The van der Waals surface area contributed by atoms with E-state index in [-0.39, 0.29) is 11.9 Å². The number of carbonyl (C=O) groups excluding carboxylic acids is 1. The molecule has 2 atom stereocenters. The van der Waals surface area contributed by atoms with Crippen molar-refractivity contribution < 1.29 is 18.7 Å². The number of rotatable bonds is 8. The molecule has 0 fully saturated rings. The van der Waals surface area contributed by atoms with E-state index >= 15 is 0 Å². The van der Waals surface area contributed by atoms with Crippen LogP contribution in [0.1, 0.15) is 31.9 Å². The summed E-state index contributed by atoms with van der Waals surface area (Å²) in [5.74, 6) is -0.391. The van der Waals surface area contributed by atoms with Crippen molar-refractivity contribution in [1.29, 1.82) is 0 Å². The molecule has 0 aliphatic heterocycles. The fourth-order valence-corrected chi connectivity index (χ4v) is 1.80. The van der Waals surface area contributed by atoms with E-state index in [1.807, 2.05) is 0 Å². The number of hydrogen-bond donors (Lipinski definition) is 2. The quantitative estimate of drug-likeness (QED) is 0.717. The lowest BCUT2D eigenvalue weighted by Crippen LogP contribution is -2.37. The maximum absolute atomic E-state index is 13.3. The molecular formula is C15H23FN2O3. The second-order valence-corrected chi connectivity index (χ2v) is 4.87. The van der Waals surface area contributed by atoms with Crippen LogP contribution >= 0.6 is 0 Å². The average molecular weight is 298 g/mol. The Morgan fingerprint density at radius 2 is 2.14 bits per heavy atom. The SMILES string of the molecule is COCCCNC(=O)C(C)Oc1cc(F)ccc1C(C)N. The molecule has 5 nitrogen and oxygen atoms in total. The van der Waals surface area contributed by atoms with E-state index in [0.29, 0.717) is 24.5 Å². The van der Waals surface area contributed by atoms with Crippen LogP contribution < -0.4 is 15.8 Å². The minimum atomic E-state index is -0.730. The molecule has 21 heavy (non-hydrogen) atoms. The normalized spacial score (nSPS) is 13.6. The molecule has 2 unspecified atom stereocenters. The third-order valence-electron chi connectivity index (χ3n) is 2.96. The smallest absolute Gasteiger partial charge is 0.260 e. The van der Waals surface area contributed by atoms with Crippen molar-refractivity contribution in [1.82, 2.24) is 5.32 Å². The Kier molecular flexibility index (Phi) is 7.11. The predicted octanol–water partition coefficient (Wildman–Crippen LogP) is 1.77. The molecular weight excluding hydrogens is 275 g/mol. The van der Waals surface area contributed by atoms with Crippen molar-refractivity contribution in [3.63, 3.8) is 0 Å². The van der Waals surface area contributed by atoms with Crippen molar-refractivity contribution in [3.8, 4) is 5.75 Å². The number of methoxy groups -OCH3 is 1. The first kappa shape index (κ1) is 17.4. The van der Waals surface area contributed by atoms with Gasteiger partial charge < -0.3 is 20.5 Å². The standard InChI is InChI=1S/C15H23FN2O3/c1-10(17)13-6-5-12(16)9-14(13)21-11(2)15(19)18-7-4-8-20-3/h5-6,9-11H,4,7-8,17H2,1-3H3,(H,18,19). The van der Waals surface area contributed by atoms with Crippen molar-refractivity contribution >= 4 is 5.91 Å². The summed E-state index contributed by atoms with van der Waals surface area (Å²) in [4.78, 5) is 11.9. The van der Waals surface area contributed by atoms with Gasteiger partial charge in [-0.15, -0.1) is 0 Å². The fourth-order valence-electron chi connectivity index (χ4n) is 1.80. The van der Waals surface area contributed by atoms with Crippen molar-refractivity contribution in [2.45, 2.75) is 32.4 Å². The van der Waals surface area contributed by atoms with Gasteiger partial charge in [0, 0.05) is 37.9 Å². The van der Waals surface area contributed by atoms with Crippen LogP contribution in [0.4, 0.5) is 4.39 Å². The molecule has 1 rings (SSSR count). The summed E-state index contributed by atoms with van der Waals surface area (Å²) in [7, 11) is 1.60. The summed E-state index contributed by atoms with van der Waals surface area (Å²) in [5.41, 5.74) is 6.48. The van der Waals surface area contributed by atoms with Crippen LogP contribution in [0.15, 0.2) is 18.2 Å². The summed E-state index contributed by atoms with van der Waals surface area (Å²) < 4.78 is 23.8. The molecule has 0 aromatic heterocycles. The minimum Gasteiger partial charge on any atom is -0.480 e. The van der Waals surface area contributed by atoms with Crippen molar-refractivity contribution in [2.75, 3.05) is 20.3 Å². The molecule has 1 aromatic rings. The van der Waals surface area contributed by atoms with Crippen molar-refractivity contribution in [3.05, 3.63) is 29.6 Å². The first-order valence-corrected chi connectivity index (χ1v) is 6.94. The Hall–Kier alpha value is -1.66. The van der Waals surface area contributed by atoms with Crippen LogP contribution in [-0.4, -0.2) is 32.3 Å². The maximum atomic E-state index is 13.3. The molecule has 1 aromatic carbocycles. The van der Waals surface area contributed by atoms with E-state index in [0.717, 1.165) is 6.42 Å². The van der Waals surface area contributed by atoms with Crippen LogP contribution in [0, 0.1) is 5.82 Å². The summed E-state index contributed by atoms with van der Waals surface area (Å²) >= 11 is 0. The Balaban J connectivity index is 2.63. The molecule has 0 radical (unpaired) electrons. The van der Waals surface area contributed by atoms with E-state index in [1.54, 1.807) is 27.0 Å². The Labute approximate surface area is 124 Å². The highest BCUT2D eigenvalue weighted by Crippen LogP contribution is 2.25. The third-order valence-corrected chi connectivity index (χ3v) is 2.96. The van der Waals surface area contributed by atoms with Gasteiger partial charge in [-0.3, -0.25) is 4.79 Å². The van der Waals surface area contributed by atoms with E-state index < -0.39 is 11.9 Å². The van der Waals surface area contributed by atoms with Gasteiger partial charge in [-0.25, -0.2) is 4.39 Å². The van der Waals surface area contributed by atoms with Gasteiger partial charge in [0.1, 0.15) is 11.6 Å². The molecule has 118 valence electrons. The first-order chi connectivity index (χ1) is 9.95. The highest BCUT2D eigenvalue weighted by Gasteiger charge is 2.17. The summed E-state index contributed by atoms with van der Waals surface area (Å²) in [6.07, 6.45) is -0.00754. The number of hydrogen-bond acceptors (Lipinski definition) is 4. The second-order valence-electron chi connectivity index (χ2n) is 4.87. The van der Waals surface area contributed by atoms with Gasteiger partial charge in [-0.1, -0.05) is 6.07 Å². The van der Waals surface area contributed by atoms with Crippen LogP contribution in [0.25, 0.3) is 0 Å². The monoisotopic (exact) mass is 298 g/mol. The molecule has 6 heteroatoms. The highest BCUT2D eigenvalue weighted by molar-refractivity contribution is 5.80. The van der Waals surface area contributed by atoms with E-state index in [2.05, 4.69) is 5.32 Å². The number of ether oxygens (including phenoxy) is 2. The lowest BCUT2D eigenvalue weighted by atomic mass is 10.1. The number of amides is 1. The van der Waals surface area contributed by atoms with Crippen LogP contribution in [-0.2, 0) is 9.53 Å². The number of benzene rings is 1. The summed E-state index contributed by atoms with van der Waals surface area (Å²) in [6, 6.07) is 3.82. The van der Waals surface area contributed by atoms with E-state index in [1.165, 1.54) is 12.1 Å². The molecule has 0 heterocycles. The number of halogens is 1. The van der Waals surface area contributed by atoms with Gasteiger partial charge in [0.25, 0.3) is 5.91 Å². The van der Waals surface area contributed by atoms with Crippen LogP contribution in [0.2, 0.25) is 0 Å². The molecule has 0 aliphatic rings. The van der Waals surface area contributed by atoms with Gasteiger partial charge in [0.15, 0.2) is 6.10 Å². The zero-order valence-electron chi connectivity index (χ0n) is 12.7. The van der Waals surface area contributed by atoms with E-state index in [4.69, 9.17) is 15.2 Å². The third kappa shape index (κ3) is 5.69. The van der Waals surface area contributed by atoms with Gasteiger partial charge in [-0.2, -0.15) is 0 Å². The van der Waals surface area contributed by atoms with E-state index in [9.17, 15) is 9.18 Å². The zero-order chi connectivity index (χ0) is 15.8. The van der Waals surface area contributed by atoms with Gasteiger partial charge in [0.2, 0.25) is 0 Å². The fraction of sp³-hybridized carbons (Fsp3) is 0.533. The summed E-state index contributed by atoms with van der Waals surface area (Å²) in [5, 5.41) is 2.73. The van der Waals surface area contributed by atoms with Gasteiger partial charge in [-0.05, 0) is 26.3 Å². The molecule has 0 saturated carbocycles. The molecule has 0 aliphatic carbocycles. The lowest BCUT2D eigenvalue weighted by Gasteiger charge is -2.18. The Morgan fingerprint density at radius 3 is 2.76 bits per heavy atom. The van der Waals surface area contributed by atoms with Crippen LogP contribution in [0.5, 0.6) is 5.75 Å². The largest absolute Gasteiger partial charge is 0.480 e. The zero-order valence-corrected chi connectivity index (χ0v) is 12.7. The molecule has 0 saturated heterocycles. The first-order valence-electron chi connectivity index (χ1n) is 6.94. The highest BCUT2D eigenvalue weighted by atomic mass is 19.1. The number of nitrogens with two attached hydrogens (primary N) is 1.